The second kappa shape index (κ2) is 12.6. The highest BCUT2D eigenvalue weighted by Gasteiger charge is 2.50. The molecule has 2 saturated heterocycles. The van der Waals surface area contributed by atoms with Crippen molar-refractivity contribution in [2.24, 2.45) is 11.8 Å². The molecule has 1 aromatic rings. The van der Waals surface area contributed by atoms with Gasteiger partial charge in [-0.1, -0.05) is 32.9 Å². The molecular weight excluding hydrogens is 482 g/mol. The van der Waals surface area contributed by atoms with Gasteiger partial charge in [0.1, 0.15) is 11.6 Å². The summed E-state index contributed by atoms with van der Waals surface area (Å²) in [6.07, 6.45) is 0.466. The van der Waals surface area contributed by atoms with Crippen molar-refractivity contribution < 1.29 is 33.2 Å². The first kappa shape index (κ1) is 28.7. The van der Waals surface area contributed by atoms with E-state index in [0.29, 0.717) is 38.5 Å². The second-order valence-corrected chi connectivity index (χ2v) is 10.6. The Kier molecular flexibility index (Phi) is 9.80. The lowest BCUT2D eigenvalue weighted by Gasteiger charge is -2.25. The Hall–Kier alpha value is -2.83. The third-order valence-corrected chi connectivity index (χ3v) is 6.39. The van der Waals surface area contributed by atoms with Gasteiger partial charge in [-0.2, -0.15) is 0 Å². The monoisotopic (exact) mass is 521 g/mol. The Labute approximate surface area is 217 Å². The minimum absolute atomic E-state index is 0.0743. The number of ether oxygens (including phenoxy) is 2. The van der Waals surface area contributed by atoms with Crippen LogP contribution in [0, 0.1) is 11.8 Å². The molecule has 0 saturated carbocycles. The molecule has 2 aliphatic rings. The molecule has 12 heteroatoms. The Morgan fingerprint density at radius 2 is 1.78 bits per heavy atom. The molecule has 0 radical (unpaired) electrons. The highest BCUT2D eigenvalue weighted by molar-refractivity contribution is 5.98. The predicted molar refractivity (Wildman–Crippen MR) is 132 cm³/mol. The van der Waals surface area contributed by atoms with Gasteiger partial charge in [0.25, 0.3) is 5.91 Å². The molecule has 3 amide bonds. The summed E-state index contributed by atoms with van der Waals surface area (Å²) in [7, 11) is 0. The molecule has 206 valence electrons. The predicted octanol–water partition coefficient (Wildman–Crippen LogP) is 0.266. The van der Waals surface area contributed by atoms with Crippen LogP contribution in [0.3, 0.4) is 0 Å². The maximum Gasteiger partial charge on any atom is 0.274 e. The zero-order chi connectivity index (χ0) is 27.2. The molecule has 37 heavy (non-hydrogen) atoms. The number of amides is 3. The number of epoxide rings is 1. The summed E-state index contributed by atoms with van der Waals surface area (Å²) in [4.78, 5) is 53.0. The SMILES string of the molecule is CC(C)C[C@H](NC(=O)CNC(=O)C(NC(=O)c1cc(CN2CCOCC2)on1)C(C)C)C(=O)[C@@]1(C)CO1. The van der Waals surface area contributed by atoms with E-state index in [2.05, 4.69) is 26.0 Å². The van der Waals surface area contributed by atoms with Gasteiger partial charge in [0.05, 0.1) is 39.0 Å². The minimum atomic E-state index is -0.897. The van der Waals surface area contributed by atoms with Gasteiger partial charge in [-0.3, -0.25) is 24.1 Å². The Morgan fingerprint density at radius 1 is 1.11 bits per heavy atom. The quantitative estimate of drug-likeness (QED) is 0.310. The zero-order valence-corrected chi connectivity index (χ0v) is 22.3. The maximum atomic E-state index is 12.8. The smallest absolute Gasteiger partial charge is 0.274 e. The third-order valence-electron chi connectivity index (χ3n) is 6.39. The van der Waals surface area contributed by atoms with Crippen LogP contribution in [0.2, 0.25) is 0 Å². The first-order valence-electron chi connectivity index (χ1n) is 12.8. The van der Waals surface area contributed by atoms with Gasteiger partial charge in [-0.25, -0.2) is 0 Å². The average molecular weight is 522 g/mol. The molecule has 0 spiro atoms. The Bertz CT molecular complexity index is 966. The summed E-state index contributed by atoms with van der Waals surface area (Å²) >= 11 is 0. The van der Waals surface area contributed by atoms with Crippen LogP contribution in [0.4, 0.5) is 0 Å². The van der Waals surface area contributed by atoms with Crippen molar-refractivity contribution in [2.75, 3.05) is 39.5 Å². The van der Waals surface area contributed by atoms with E-state index in [4.69, 9.17) is 14.0 Å². The van der Waals surface area contributed by atoms with Crippen LogP contribution in [-0.2, 0) is 30.4 Å². The number of carbonyl (C=O) groups excluding carboxylic acids is 4. The summed E-state index contributed by atoms with van der Waals surface area (Å²) < 4.78 is 15.9. The van der Waals surface area contributed by atoms with Gasteiger partial charge in [0, 0.05) is 19.2 Å². The zero-order valence-electron chi connectivity index (χ0n) is 22.3. The number of hydrogen-bond donors (Lipinski definition) is 3. The standard InChI is InChI=1S/C25H39N5O7/c1-15(2)10-18(22(32)25(5)14-36-25)27-20(31)12-26-24(34)21(16(3)4)28-23(33)19-11-17(37-29-19)13-30-6-8-35-9-7-30/h11,15-16,18,21H,6-10,12-14H2,1-5H3,(H,26,34)(H,27,31)(H,28,33)/t18-,21?,25+/m0/s1. The van der Waals surface area contributed by atoms with E-state index in [1.165, 1.54) is 0 Å². The van der Waals surface area contributed by atoms with Gasteiger partial charge in [0.15, 0.2) is 17.2 Å². The molecule has 3 atom stereocenters. The van der Waals surface area contributed by atoms with E-state index in [0.717, 1.165) is 13.1 Å². The lowest BCUT2D eigenvalue weighted by Crippen LogP contribution is -2.53. The molecule has 2 fully saturated rings. The summed E-state index contributed by atoms with van der Waals surface area (Å²) in [6.45, 7) is 12.5. The van der Waals surface area contributed by atoms with Gasteiger partial charge >= 0.3 is 0 Å². The number of nitrogens with zero attached hydrogens (tertiary/aromatic N) is 2. The Balaban J connectivity index is 1.51. The largest absolute Gasteiger partial charge is 0.379 e. The van der Waals surface area contributed by atoms with Crippen LogP contribution in [0.15, 0.2) is 10.6 Å². The van der Waals surface area contributed by atoms with E-state index in [9.17, 15) is 19.2 Å². The number of morpholine rings is 1. The highest BCUT2D eigenvalue weighted by Crippen LogP contribution is 2.29. The van der Waals surface area contributed by atoms with Gasteiger partial charge < -0.3 is 29.9 Å². The molecule has 0 aromatic carbocycles. The number of ketones is 1. The molecule has 3 rings (SSSR count). The first-order valence-corrected chi connectivity index (χ1v) is 12.8. The molecule has 12 nitrogen and oxygen atoms in total. The fraction of sp³-hybridized carbons (Fsp3) is 0.720. The summed E-state index contributed by atoms with van der Waals surface area (Å²) in [5, 5.41) is 11.8. The molecule has 1 unspecified atom stereocenters. The van der Waals surface area contributed by atoms with Crippen molar-refractivity contribution in [2.45, 2.75) is 65.3 Å². The fourth-order valence-electron chi connectivity index (χ4n) is 4.07. The minimum Gasteiger partial charge on any atom is -0.379 e. The van der Waals surface area contributed by atoms with Crippen LogP contribution in [0.5, 0.6) is 0 Å². The molecule has 0 bridgehead atoms. The first-order chi connectivity index (χ1) is 17.5. The normalized spacial score (nSPS) is 21.4. The van der Waals surface area contributed by atoms with E-state index in [1.54, 1.807) is 26.8 Å². The summed E-state index contributed by atoms with van der Waals surface area (Å²) in [6, 6.07) is -0.0355. The van der Waals surface area contributed by atoms with Crippen LogP contribution >= 0.6 is 0 Å². The van der Waals surface area contributed by atoms with Crippen LogP contribution in [0.25, 0.3) is 0 Å². The van der Waals surface area contributed by atoms with Crippen LogP contribution < -0.4 is 16.0 Å². The van der Waals surface area contributed by atoms with Crippen molar-refractivity contribution in [3.05, 3.63) is 17.5 Å². The number of nitrogens with one attached hydrogen (secondary N) is 3. The van der Waals surface area contributed by atoms with Gasteiger partial charge in [-0.05, 0) is 25.2 Å². The maximum absolute atomic E-state index is 12.8. The van der Waals surface area contributed by atoms with E-state index in [-0.39, 0.29) is 29.9 Å². The van der Waals surface area contributed by atoms with Gasteiger partial charge in [-0.15, -0.1) is 0 Å². The van der Waals surface area contributed by atoms with E-state index >= 15 is 0 Å². The number of aromatic nitrogens is 1. The van der Waals surface area contributed by atoms with Gasteiger partial charge in [0.2, 0.25) is 11.8 Å². The van der Waals surface area contributed by atoms with E-state index in [1.807, 2.05) is 13.8 Å². The number of carbonyl (C=O) groups is 4. The average Bonchev–Trinajstić information content (AvgIpc) is 3.43. The molecule has 3 N–H and O–H groups in total. The fourth-order valence-corrected chi connectivity index (χ4v) is 4.07. The van der Waals surface area contributed by atoms with Crippen molar-refractivity contribution in [3.8, 4) is 0 Å². The van der Waals surface area contributed by atoms with Crippen molar-refractivity contribution in [1.29, 1.82) is 0 Å². The molecule has 2 aliphatic heterocycles. The Morgan fingerprint density at radius 3 is 2.38 bits per heavy atom. The number of hydrogen-bond acceptors (Lipinski definition) is 9. The topological polar surface area (TPSA) is 155 Å². The molecule has 0 aliphatic carbocycles. The summed E-state index contributed by atoms with van der Waals surface area (Å²) in [5.74, 6) is -1.25. The highest BCUT2D eigenvalue weighted by atomic mass is 16.6. The van der Waals surface area contributed by atoms with Crippen molar-refractivity contribution in [1.82, 2.24) is 26.0 Å². The van der Waals surface area contributed by atoms with Crippen LogP contribution in [-0.4, -0.2) is 90.7 Å². The third kappa shape index (κ3) is 8.34. The van der Waals surface area contributed by atoms with Crippen molar-refractivity contribution in [3.63, 3.8) is 0 Å². The number of Topliss-reactive ketones (excluding diaryl/α,β-unsaturated/α-hetero) is 1. The van der Waals surface area contributed by atoms with E-state index < -0.39 is 35.4 Å². The lowest BCUT2D eigenvalue weighted by atomic mass is 9.93. The molecule has 1 aromatic heterocycles. The second-order valence-electron chi connectivity index (χ2n) is 10.6. The summed E-state index contributed by atoms with van der Waals surface area (Å²) in [5.41, 5.74) is -0.781. The molecule has 3 heterocycles. The lowest BCUT2D eigenvalue weighted by molar-refractivity contribution is -0.131. The molecular formula is C25H39N5O7. The van der Waals surface area contributed by atoms with Crippen molar-refractivity contribution >= 4 is 23.5 Å². The number of rotatable bonds is 13. The van der Waals surface area contributed by atoms with Crippen LogP contribution in [0.1, 0.15) is 57.3 Å².